The number of rotatable bonds is 4. The van der Waals surface area contributed by atoms with Crippen LogP contribution in [0.25, 0.3) is 0 Å². The van der Waals surface area contributed by atoms with Gasteiger partial charge in [0.05, 0.1) is 0 Å². The van der Waals surface area contributed by atoms with Crippen LogP contribution < -0.4 is 5.40 Å². The fraction of sp³-hybridized carbons (Fsp3) is 1.00. The van der Waals surface area contributed by atoms with Gasteiger partial charge >= 0.3 is 6.18 Å². The molecule has 0 aromatic carbocycles. The number of hydrogen-bond donors (Lipinski definition) is 1. The van der Waals surface area contributed by atoms with E-state index in [0.717, 1.165) is 6.42 Å². The van der Waals surface area contributed by atoms with Crippen molar-refractivity contribution in [2.45, 2.75) is 25.6 Å². The van der Waals surface area contributed by atoms with Crippen molar-refractivity contribution in [3.05, 3.63) is 0 Å². The maximum absolute atomic E-state index is 11.5. The van der Waals surface area contributed by atoms with Gasteiger partial charge in [-0.3, -0.25) is 0 Å². The van der Waals surface area contributed by atoms with Gasteiger partial charge in [-0.15, -0.1) is 0 Å². The van der Waals surface area contributed by atoms with Crippen molar-refractivity contribution in [3.8, 4) is 0 Å². The van der Waals surface area contributed by atoms with Crippen molar-refractivity contribution >= 4 is 9.20 Å². The van der Waals surface area contributed by atoms with E-state index in [1.807, 2.05) is 6.92 Å². The minimum Gasteiger partial charge on any atom is -0.397 e. The second kappa shape index (κ2) is 4.73. The second-order valence-corrected chi connectivity index (χ2v) is 4.24. The molecule has 0 saturated carbocycles. The molecule has 2 N–H and O–H groups in total. The maximum Gasteiger partial charge on any atom is 0.410 e. The van der Waals surface area contributed by atoms with Crippen LogP contribution in [-0.4, -0.2) is 22.0 Å². The molecule has 11 heavy (non-hydrogen) atoms. The lowest BCUT2D eigenvalue weighted by molar-refractivity contribution is -0.154. The van der Waals surface area contributed by atoms with Crippen LogP contribution in [0.15, 0.2) is 0 Å². The molecule has 0 aromatic heterocycles. The first-order valence-electron chi connectivity index (χ1n) is 3.39. The lowest BCUT2D eigenvalue weighted by Gasteiger charge is -2.11. The van der Waals surface area contributed by atoms with Crippen LogP contribution in [0.2, 0.25) is 6.04 Å². The van der Waals surface area contributed by atoms with E-state index in [1.54, 1.807) is 0 Å². The van der Waals surface area contributed by atoms with Gasteiger partial charge in [0.25, 0.3) is 0 Å². The molecule has 0 aliphatic heterocycles. The zero-order chi connectivity index (χ0) is 8.91. The average molecular weight is 187 g/mol. The molecular formula is C5H12F3NOSi. The van der Waals surface area contributed by atoms with E-state index in [9.17, 15) is 13.2 Å². The van der Waals surface area contributed by atoms with Gasteiger partial charge in [0, 0.05) is 0 Å². The van der Waals surface area contributed by atoms with Crippen LogP contribution in [0.5, 0.6) is 0 Å². The molecule has 0 bridgehead atoms. The van der Waals surface area contributed by atoms with Crippen LogP contribution >= 0.6 is 0 Å². The summed E-state index contributed by atoms with van der Waals surface area (Å²) in [6.45, 7) is 0.671. The van der Waals surface area contributed by atoms with Crippen molar-refractivity contribution in [1.29, 1.82) is 0 Å². The highest BCUT2D eigenvalue weighted by Gasteiger charge is 2.28. The third-order valence-corrected chi connectivity index (χ3v) is 2.78. The van der Waals surface area contributed by atoms with Crippen LogP contribution in [0.1, 0.15) is 13.3 Å². The van der Waals surface area contributed by atoms with E-state index in [2.05, 4.69) is 4.43 Å². The zero-order valence-corrected chi connectivity index (χ0v) is 7.47. The fourth-order valence-electron chi connectivity index (χ4n) is 0.569. The first-order chi connectivity index (χ1) is 4.95. The van der Waals surface area contributed by atoms with Gasteiger partial charge in [-0.2, -0.15) is 13.2 Å². The first kappa shape index (κ1) is 10.9. The lowest BCUT2D eigenvalue weighted by atomic mass is 10.6. The summed E-state index contributed by atoms with van der Waals surface area (Å²) in [5.74, 6) is 0. The average Bonchev–Trinajstić information content (AvgIpc) is 1.83. The summed E-state index contributed by atoms with van der Waals surface area (Å²) in [5.41, 5.74) is 0. The molecule has 0 rings (SSSR count). The normalized spacial score (nSPS) is 15.0. The SMILES string of the molecule is CCC[SiH](N)OCC(F)(F)F. The number of halogens is 3. The highest BCUT2D eigenvalue weighted by Crippen LogP contribution is 2.14. The zero-order valence-electron chi connectivity index (χ0n) is 6.32. The Morgan fingerprint density at radius 2 is 2.00 bits per heavy atom. The summed E-state index contributed by atoms with van der Waals surface area (Å²) in [6.07, 6.45) is -3.45. The van der Waals surface area contributed by atoms with E-state index in [0.29, 0.717) is 6.04 Å². The number of nitrogens with two attached hydrogens (primary N) is 1. The summed E-state index contributed by atoms with van der Waals surface area (Å²) < 4.78 is 38.9. The Labute approximate surface area is 65.3 Å². The molecule has 68 valence electrons. The quantitative estimate of drug-likeness (QED) is 0.670. The molecule has 0 aliphatic rings. The van der Waals surface area contributed by atoms with Crippen molar-refractivity contribution in [1.82, 2.24) is 0 Å². The maximum atomic E-state index is 11.5. The van der Waals surface area contributed by atoms with Crippen molar-refractivity contribution < 1.29 is 17.6 Å². The second-order valence-electron chi connectivity index (χ2n) is 2.25. The van der Waals surface area contributed by atoms with E-state index >= 15 is 0 Å². The van der Waals surface area contributed by atoms with Gasteiger partial charge in [0.1, 0.15) is 6.61 Å². The highest BCUT2D eigenvalue weighted by atomic mass is 28.3. The molecular weight excluding hydrogens is 175 g/mol. The van der Waals surface area contributed by atoms with Crippen molar-refractivity contribution in [2.24, 2.45) is 5.40 Å². The highest BCUT2D eigenvalue weighted by molar-refractivity contribution is 6.47. The smallest absolute Gasteiger partial charge is 0.397 e. The summed E-state index contributed by atoms with van der Waals surface area (Å²) in [5, 5.41) is 5.31. The molecule has 0 fully saturated rings. The Morgan fingerprint density at radius 3 is 2.36 bits per heavy atom. The predicted octanol–water partition coefficient (Wildman–Crippen LogP) is 1.15. The van der Waals surface area contributed by atoms with E-state index < -0.39 is 22.0 Å². The van der Waals surface area contributed by atoms with Crippen LogP contribution in [-0.2, 0) is 4.43 Å². The third kappa shape index (κ3) is 7.83. The van der Waals surface area contributed by atoms with E-state index in [4.69, 9.17) is 5.40 Å². The molecule has 6 heteroatoms. The molecule has 0 aliphatic carbocycles. The summed E-state index contributed by atoms with van der Waals surface area (Å²) in [7, 11) is -2.02. The van der Waals surface area contributed by atoms with Crippen LogP contribution in [0.4, 0.5) is 13.2 Å². The van der Waals surface area contributed by atoms with Gasteiger partial charge in [0.2, 0.25) is 9.20 Å². The molecule has 2 nitrogen and oxygen atoms in total. The number of alkyl halides is 3. The van der Waals surface area contributed by atoms with Crippen LogP contribution in [0.3, 0.4) is 0 Å². The standard InChI is InChI=1S/C5H12F3NOSi/c1-2-3-11(9)10-4-5(6,7)8/h11H,2-4,9H2,1H3. The van der Waals surface area contributed by atoms with Crippen LogP contribution in [0, 0.1) is 0 Å². The molecule has 1 atom stereocenters. The summed E-state index contributed by atoms with van der Waals surface area (Å²) in [6, 6.07) is 0.593. The predicted molar refractivity (Wildman–Crippen MR) is 38.4 cm³/mol. The Hall–Kier alpha value is -0.0731. The lowest BCUT2D eigenvalue weighted by Crippen LogP contribution is -2.33. The molecule has 0 heterocycles. The van der Waals surface area contributed by atoms with Gasteiger partial charge in [-0.25, -0.2) is 0 Å². The minimum atomic E-state index is -4.24. The molecule has 0 saturated heterocycles. The monoisotopic (exact) mass is 187 g/mol. The first-order valence-corrected chi connectivity index (χ1v) is 5.35. The van der Waals surface area contributed by atoms with Gasteiger partial charge in [-0.1, -0.05) is 13.3 Å². The minimum absolute atomic E-state index is 0.593. The fourth-order valence-corrected chi connectivity index (χ4v) is 1.71. The molecule has 0 amide bonds. The Morgan fingerprint density at radius 1 is 1.45 bits per heavy atom. The molecule has 0 spiro atoms. The molecule has 1 unspecified atom stereocenters. The largest absolute Gasteiger partial charge is 0.410 e. The van der Waals surface area contributed by atoms with Gasteiger partial charge in [0.15, 0.2) is 0 Å². The Balaban J connectivity index is 3.38. The Bertz CT molecular complexity index is 108. The van der Waals surface area contributed by atoms with Gasteiger partial charge < -0.3 is 9.83 Å². The Kier molecular flexibility index (Phi) is 4.70. The molecule has 0 aromatic rings. The van der Waals surface area contributed by atoms with Gasteiger partial charge in [-0.05, 0) is 6.04 Å². The van der Waals surface area contributed by atoms with Crippen molar-refractivity contribution in [3.63, 3.8) is 0 Å². The van der Waals surface area contributed by atoms with E-state index in [-0.39, 0.29) is 0 Å². The topological polar surface area (TPSA) is 35.2 Å². The summed E-state index contributed by atoms with van der Waals surface area (Å²) >= 11 is 0. The van der Waals surface area contributed by atoms with E-state index in [1.165, 1.54) is 0 Å². The van der Waals surface area contributed by atoms with Crippen molar-refractivity contribution in [2.75, 3.05) is 6.61 Å². The number of hydrogen-bond acceptors (Lipinski definition) is 2. The molecule has 0 radical (unpaired) electrons. The summed E-state index contributed by atoms with van der Waals surface area (Å²) in [4.78, 5) is 0. The third-order valence-electron chi connectivity index (χ3n) is 1.03.